The van der Waals surface area contributed by atoms with Crippen molar-refractivity contribution in [3.63, 3.8) is 0 Å². The lowest BCUT2D eigenvalue weighted by Gasteiger charge is -2.15. The first-order chi connectivity index (χ1) is 13.3. The Kier molecular flexibility index (Phi) is 11.9. The molecule has 0 saturated heterocycles. The molecule has 0 radical (unpaired) electrons. The first-order valence-electron chi connectivity index (χ1n) is 10.0. The minimum absolute atomic E-state index is 0.0689. The zero-order valence-electron chi connectivity index (χ0n) is 18.7. The minimum atomic E-state index is -0.498. The lowest BCUT2D eigenvalue weighted by atomic mass is 9.94. The second-order valence-electron chi connectivity index (χ2n) is 6.58. The number of phenols is 1. The van der Waals surface area contributed by atoms with E-state index in [0.29, 0.717) is 36.1 Å². The third-order valence-electron chi connectivity index (χ3n) is 4.17. The number of carbonyl (C=O) groups is 2. The van der Waals surface area contributed by atoms with Gasteiger partial charge in [0.05, 0.1) is 7.11 Å². The lowest BCUT2D eigenvalue weighted by Crippen LogP contribution is -2.03. The molecule has 0 saturated carbocycles. The van der Waals surface area contributed by atoms with Crippen LogP contribution in [-0.4, -0.2) is 24.0 Å². The van der Waals surface area contributed by atoms with Crippen LogP contribution in [0, 0.1) is 6.92 Å². The summed E-state index contributed by atoms with van der Waals surface area (Å²) in [5.41, 5.74) is 3.38. The summed E-state index contributed by atoms with van der Waals surface area (Å²) in [7, 11) is 1.54. The van der Waals surface area contributed by atoms with Crippen LogP contribution in [0.4, 0.5) is 0 Å². The van der Waals surface area contributed by atoms with Gasteiger partial charge in [-0.3, -0.25) is 0 Å². The number of benzene rings is 1. The van der Waals surface area contributed by atoms with Gasteiger partial charge in [0.1, 0.15) is 29.5 Å². The molecule has 5 heteroatoms. The Bertz CT molecular complexity index is 702. The van der Waals surface area contributed by atoms with E-state index in [9.17, 15) is 14.7 Å². The van der Waals surface area contributed by atoms with Gasteiger partial charge in [0.15, 0.2) is 0 Å². The Hall–Kier alpha value is -2.30. The summed E-state index contributed by atoms with van der Waals surface area (Å²) in [5, 5.41) is 10.5. The maximum absolute atomic E-state index is 11.8. The Morgan fingerprint density at radius 1 is 1.21 bits per heavy atom. The molecule has 0 unspecified atom stereocenters. The number of cyclic esters (lactones) is 1. The van der Waals surface area contributed by atoms with Crippen molar-refractivity contribution in [3.05, 3.63) is 33.9 Å². The highest BCUT2D eigenvalue weighted by Gasteiger charge is 2.31. The fourth-order valence-corrected chi connectivity index (χ4v) is 2.78. The SMILES string of the molecule is CC.CCC.COc1c(C)c2c(c(O)c1C/C=C(\C)CCC(C)=O)C(=O)OC2. The Morgan fingerprint density at radius 2 is 1.79 bits per heavy atom. The number of phenolic OH excluding ortho intramolecular Hbond substituents is 1. The van der Waals surface area contributed by atoms with Gasteiger partial charge in [0, 0.05) is 17.5 Å². The fourth-order valence-electron chi connectivity index (χ4n) is 2.78. The van der Waals surface area contributed by atoms with E-state index < -0.39 is 5.97 Å². The molecule has 0 fully saturated rings. The molecular weight excluding hydrogens is 356 g/mol. The third kappa shape index (κ3) is 6.70. The maximum atomic E-state index is 11.8. The number of fused-ring (bicyclic) bond motifs is 1. The normalized spacial score (nSPS) is 12.1. The highest BCUT2D eigenvalue weighted by Crippen LogP contribution is 2.42. The maximum Gasteiger partial charge on any atom is 0.342 e. The van der Waals surface area contributed by atoms with Crippen LogP contribution in [0.15, 0.2) is 11.6 Å². The average Bonchev–Trinajstić information content (AvgIpc) is 3.06. The second kappa shape index (κ2) is 13.0. The molecule has 1 aromatic rings. The molecule has 5 nitrogen and oxygen atoms in total. The van der Waals surface area contributed by atoms with Gasteiger partial charge in [0.2, 0.25) is 0 Å². The van der Waals surface area contributed by atoms with Gasteiger partial charge in [-0.15, -0.1) is 0 Å². The highest BCUT2D eigenvalue weighted by molar-refractivity contribution is 5.98. The second-order valence-corrected chi connectivity index (χ2v) is 6.58. The topological polar surface area (TPSA) is 72.8 Å². The molecule has 0 spiro atoms. The fraction of sp³-hybridized carbons (Fsp3) is 0.565. The Labute approximate surface area is 169 Å². The van der Waals surface area contributed by atoms with Crippen LogP contribution in [0.2, 0.25) is 0 Å². The number of methoxy groups -OCH3 is 1. The lowest BCUT2D eigenvalue weighted by molar-refractivity contribution is -0.116. The molecule has 28 heavy (non-hydrogen) atoms. The van der Waals surface area contributed by atoms with E-state index in [1.165, 1.54) is 6.42 Å². The molecular formula is C23H36O5. The molecule has 1 aliphatic heterocycles. The molecule has 0 amide bonds. The Morgan fingerprint density at radius 3 is 2.29 bits per heavy atom. The summed E-state index contributed by atoms with van der Waals surface area (Å²) in [5.74, 6) is 0.159. The van der Waals surface area contributed by atoms with Gasteiger partial charge in [-0.25, -0.2) is 4.79 Å². The summed E-state index contributed by atoms with van der Waals surface area (Å²) in [6.07, 6.45) is 4.82. The number of hydrogen-bond acceptors (Lipinski definition) is 5. The zero-order chi connectivity index (χ0) is 21.9. The van der Waals surface area contributed by atoms with E-state index in [0.717, 1.165) is 11.1 Å². The molecule has 1 N–H and O–H groups in total. The predicted molar refractivity (Wildman–Crippen MR) is 113 cm³/mol. The van der Waals surface area contributed by atoms with Crippen molar-refractivity contribution in [1.82, 2.24) is 0 Å². The minimum Gasteiger partial charge on any atom is -0.507 e. The van der Waals surface area contributed by atoms with Crippen molar-refractivity contribution < 1.29 is 24.2 Å². The molecule has 158 valence electrons. The molecule has 0 atom stereocenters. The third-order valence-corrected chi connectivity index (χ3v) is 4.17. The van der Waals surface area contributed by atoms with E-state index >= 15 is 0 Å². The number of allylic oxidation sites excluding steroid dienone is 2. The number of aromatic hydroxyl groups is 1. The molecule has 0 aromatic heterocycles. The van der Waals surface area contributed by atoms with E-state index in [1.54, 1.807) is 14.0 Å². The highest BCUT2D eigenvalue weighted by atomic mass is 16.5. The Balaban J connectivity index is 0.00000133. The van der Waals surface area contributed by atoms with Crippen LogP contribution >= 0.6 is 0 Å². The van der Waals surface area contributed by atoms with Crippen molar-refractivity contribution >= 4 is 11.8 Å². The van der Waals surface area contributed by atoms with Crippen molar-refractivity contribution in [2.75, 3.05) is 7.11 Å². The van der Waals surface area contributed by atoms with E-state index in [1.807, 2.05) is 33.8 Å². The number of esters is 1. The van der Waals surface area contributed by atoms with Crippen LogP contribution in [0.1, 0.15) is 87.9 Å². The van der Waals surface area contributed by atoms with E-state index in [2.05, 4.69) is 13.8 Å². The summed E-state index contributed by atoms with van der Waals surface area (Å²) in [6.45, 7) is 13.8. The van der Waals surface area contributed by atoms with Crippen LogP contribution in [0.3, 0.4) is 0 Å². The molecule has 0 bridgehead atoms. The quantitative estimate of drug-likeness (QED) is 0.498. The first kappa shape index (κ1) is 25.7. The number of rotatable bonds is 6. The zero-order valence-corrected chi connectivity index (χ0v) is 18.7. The van der Waals surface area contributed by atoms with Crippen molar-refractivity contribution in [2.45, 2.75) is 80.8 Å². The van der Waals surface area contributed by atoms with Crippen molar-refractivity contribution in [1.29, 1.82) is 0 Å². The van der Waals surface area contributed by atoms with E-state index in [4.69, 9.17) is 9.47 Å². The van der Waals surface area contributed by atoms with Gasteiger partial charge in [0.25, 0.3) is 0 Å². The number of Topliss-reactive ketones (excluding diaryl/α,β-unsaturated/α-hetero) is 1. The van der Waals surface area contributed by atoms with Crippen molar-refractivity contribution in [3.8, 4) is 11.5 Å². The van der Waals surface area contributed by atoms with Gasteiger partial charge in [-0.05, 0) is 39.2 Å². The summed E-state index contributed by atoms with van der Waals surface area (Å²) < 4.78 is 10.5. The largest absolute Gasteiger partial charge is 0.507 e. The van der Waals surface area contributed by atoms with Gasteiger partial charge < -0.3 is 19.4 Å². The van der Waals surface area contributed by atoms with E-state index in [-0.39, 0.29) is 23.7 Å². The average molecular weight is 393 g/mol. The monoisotopic (exact) mass is 392 g/mol. The van der Waals surface area contributed by atoms with Crippen LogP contribution < -0.4 is 4.74 Å². The first-order valence-corrected chi connectivity index (χ1v) is 10.0. The molecule has 1 aliphatic rings. The number of ether oxygens (including phenoxy) is 2. The summed E-state index contributed by atoms with van der Waals surface area (Å²) in [6, 6.07) is 0. The molecule has 2 rings (SSSR count). The number of ketones is 1. The standard InChI is InChI=1S/C18H22O5.C3H8.C2H6/c1-10(5-7-11(2)19)6-8-13-16(20)15-14(9-23-18(15)21)12(3)17(13)22-4;1-3-2;1-2/h6,20H,5,7-9H2,1-4H3;3H2,1-2H3;1-2H3/b10-6+;;. The summed E-state index contributed by atoms with van der Waals surface area (Å²) >= 11 is 0. The van der Waals surface area contributed by atoms with Gasteiger partial charge in [-0.2, -0.15) is 0 Å². The smallest absolute Gasteiger partial charge is 0.342 e. The van der Waals surface area contributed by atoms with Gasteiger partial charge in [-0.1, -0.05) is 45.8 Å². The number of hydrogen-bond donors (Lipinski definition) is 1. The summed E-state index contributed by atoms with van der Waals surface area (Å²) in [4.78, 5) is 22.9. The molecule has 0 aliphatic carbocycles. The molecule has 1 aromatic carbocycles. The van der Waals surface area contributed by atoms with Crippen LogP contribution in [-0.2, 0) is 22.6 Å². The number of carbonyl (C=O) groups excluding carboxylic acids is 2. The predicted octanol–water partition coefficient (Wildman–Crippen LogP) is 5.68. The van der Waals surface area contributed by atoms with Crippen molar-refractivity contribution in [2.24, 2.45) is 0 Å². The van der Waals surface area contributed by atoms with Gasteiger partial charge >= 0.3 is 5.97 Å². The van der Waals surface area contributed by atoms with Crippen LogP contribution in [0.25, 0.3) is 0 Å². The molecule has 1 heterocycles. The van der Waals surface area contributed by atoms with Crippen LogP contribution in [0.5, 0.6) is 11.5 Å².